The summed E-state index contributed by atoms with van der Waals surface area (Å²) in [6, 6.07) is 12.0. The van der Waals surface area contributed by atoms with Crippen LogP contribution in [-0.4, -0.2) is 32.7 Å². The van der Waals surface area contributed by atoms with Gasteiger partial charge in [-0.2, -0.15) is 0 Å². The lowest BCUT2D eigenvalue weighted by Crippen LogP contribution is -2.22. The molecule has 0 unspecified atom stereocenters. The van der Waals surface area contributed by atoms with E-state index >= 15 is 0 Å². The SMILES string of the molecule is C/C=C/c1ccc(OCC(=O)Nc2ccccc2C(=O)OC)c(OC)c1. The highest BCUT2D eigenvalue weighted by molar-refractivity contribution is 6.01. The number of nitrogens with one attached hydrogen (secondary N) is 1. The van der Waals surface area contributed by atoms with Crippen molar-refractivity contribution in [2.45, 2.75) is 6.92 Å². The average molecular weight is 355 g/mol. The second kappa shape index (κ2) is 9.27. The van der Waals surface area contributed by atoms with Gasteiger partial charge < -0.3 is 19.5 Å². The first kappa shape index (κ1) is 19.1. The molecular formula is C20H21NO5. The minimum Gasteiger partial charge on any atom is -0.493 e. The molecule has 1 N–H and O–H groups in total. The zero-order valence-corrected chi connectivity index (χ0v) is 14.9. The van der Waals surface area contributed by atoms with Gasteiger partial charge in [0.2, 0.25) is 0 Å². The Hall–Kier alpha value is -3.28. The standard InChI is InChI=1S/C20H21NO5/c1-4-7-14-10-11-17(18(12-14)24-2)26-13-19(22)21-16-9-6-5-8-15(16)20(23)25-3/h4-12H,13H2,1-3H3,(H,21,22)/b7-4+. The number of hydrogen-bond acceptors (Lipinski definition) is 5. The van der Waals surface area contributed by atoms with E-state index in [9.17, 15) is 9.59 Å². The number of rotatable bonds is 7. The molecule has 0 aliphatic carbocycles. The van der Waals surface area contributed by atoms with Gasteiger partial charge in [-0.05, 0) is 36.8 Å². The summed E-state index contributed by atoms with van der Waals surface area (Å²) >= 11 is 0. The molecule has 0 bridgehead atoms. The van der Waals surface area contributed by atoms with E-state index in [1.54, 1.807) is 30.3 Å². The molecule has 0 atom stereocenters. The minimum atomic E-state index is -0.525. The molecule has 0 aliphatic rings. The van der Waals surface area contributed by atoms with E-state index in [-0.39, 0.29) is 12.2 Å². The highest BCUT2D eigenvalue weighted by atomic mass is 16.5. The molecule has 0 aromatic heterocycles. The molecule has 0 fully saturated rings. The van der Waals surface area contributed by atoms with E-state index in [2.05, 4.69) is 5.32 Å². The molecule has 0 radical (unpaired) electrons. The van der Waals surface area contributed by atoms with Gasteiger partial charge >= 0.3 is 5.97 Å². The maximum absolute atomic E-state index is 12.2. The number of methoxy groups -OCH3 is 2. The van der Waals surface area contributed by atoms with Gasteiger partial charge in [0.15, 0.2) is 18.1 Å². The number of allylic oxidation sites excluding steroid dienone is 1. The number of ether oxygens (including phenoxy) is 3. The Labute approximate surface area is 152 Å². The third kappa shape index (κ3) is 4.86. The Morgan fingerprint density at radius 1 is 1.08 bits per heavy atom. The molecule has 0 saturated carbocycles. The van der Waals surface area contributed by atoms with Crippen LogP contribution in [0.2, 0.25) is 0 Å². The fourth-order valence-corrected chi connectivity index (χ4v) is 2.31. The van der Waals surface area contributed by atoms with E-state index in [0.717, 1.165) is 5.56 Å². The van der Waals surface area contributed by atoms with Crippen molar-refractivity contribution in [1.82, 2.24) is 0 Å². The second-order valence-electron chi connectivity index (χ2n) is 5.28. The van der Waals surface area contributed by atoms with Crippen LogP contribution in [-0.2, 0) is 9.53 Å². The molecule has 2 rings (SSSR count). The first-order valence-corrected chi connectivity index (χ1v) is 7.99. The predicted molar refractivity (Wildman–Crippen MR) is 99.6 cm³/mol. The molecule has 136 valence electrons. The molecule has 0 saturated heterocycles. The Kier molecular flexibility index (Phi) is 6.79. The van der Waals surface area contributed by atoms with Crippen molar-refractivity contribution in [1.29, 1.82) is 0 Å². The normalized spacial score (nSPS) is 10.4. The minimum absolute atomic E-state index is 0.227. The number of carbonyl (C=O) groups excluding carboxylic acids is 2. The van der Waals surface area contributed by atoms with Crippen LogP contribution in [0.5, 0.6) is 11.5 Å². The molecule has 0 aliphatic heterocycles. The summed E-state index contributed by atoms with van der Waals surface area (Å²) in [4.78, 5) is 23.9. The number of carbonyl (C=O) groups is 2. The van der Waals surface area contributed by atoms with Crippen molar-refractivity contribution in [3.05, 3.63) is 59.7 Å². The summed E-state index contributed by atoms with van der Waals surface area (Å²) in [5, 5.41) is 2.65. The van der Waals surface area contributed by atoms with Crippen LogP contribution < -0.4 is 14.8 Å². The van der Waals surface area contributed by atoms with Gasteiger partial charge in [-0.25, -0.2) is 4.79 Å². The smallest absolute Gasteiger partial charge is 0.339 e. The Morgan fingerprint density at radius 3 is 2.54 bits per heavy atom. The van der Waals surface area contributed by atoms with E-state index in [1.165, 1.54) is 14.2 Å². The molecule has 0 heterocycles. The van der Waals surface area contributed by atoms with Gasteiger partial charge in [0, 0.05) is 0 Å². The summed E-state index contributed by atoms with van der Waals surface area (Å²) in [6.07, 6.45) is 3.85. The van der Waals surface area contributed by atoms with Gasteiger partial charge in [0.05, 0.1) is 25.5 Å². The lowest BCUT2D eigenvalue weighted by atomic mass is 10.2. The van der Waals surface area contributed by atoms with Crippen LogP contribution in [0.4, 0.5) is 5.69 Å². The summed E-state index contributed by atoms with van der Waals surface area (Å²) in [5.41, 5.74) is 1.60. The molecule has 0 spiro atoms. The Morgan fingerprint density at radius 2 is 1.85 bits per heavy atom. The molecular weight excluding hydrogens is 334 g/mol. The van der Waals surface area contributed by atoms with Gasteiger partial charge in [-0.15, -0.1) is 0 Å². The van der Waals surface area contributed by atoms with Crippen LogP contribution in [0.25, 0.3) is 6.08 Å². The fourth-order valence-electron chi connectivity index (χ4n) is 2.31. The largest absolute Gasteiger partial charge is 0.493 e. The van der Waals surface area contributed by atoms with Gasteiger partial charge in [-0.1, -0.05) is 30.4 Å². The topological polar surface area (TPSA) is 73.9 Å². The van der Waals surface area contributed by atoms with E-state index in [1.807, 2.05) is 31.2 Å². The van der Waals surface area contributed by atoms with Crippen molar-refractivity contribution >= 4 is 23.6 Å². The number of anilines is 1. The number of amides is 1. The maximum atomic E-state index is 12.2. The van der Waals surface area contributed by atoms with Gasteiger partial charge in [-0.3, -0.25) is 4.79 Å². The zero-order chi connectivity index (χ0) is 18.9. The molecule has 2 aromatic rings. The van der Waals surface area contributed by atoms with E-state index < -0.39 is 11.9 Å². The van der Waals surface area contributed by atoms with Gasteiger partial charge in [0.25, 0.3) is 5.91 Å². The van der Waals surface area contributed by atoms with Crippen LogP contribution in [0.3, 0.4) is 0 Å². The van der Waals surface area contributed by atoms with Crippen molar-refractivity contribution < 1.29 is 23.8 Å². The predicted octanol–water partition coefficient (Wildman–Crippen LogP) is 3.53. The van der Waals surface area contributed by atoms with Crippen molar-refractivity contribution in [3.8, 4) is 11.5 Å². The molecule has 6 nitrogen and oxygen atoms in total. The lowest BCUT2D eigenvalue weighted by Gasteiger charge is -2.12. The molecule has 6 heteroatoms. The summed E-state index contributed by atoms with van der Waals surface area (Å²) in [7, 11) is 2.82. The third-order valence-electron chi connectivity index (χ3n) is 3.51. The van der Waals surface area contributed by atoms with Crippen LogP contribution in [0.15, 0.2) is 48.5 Å². The van der Waals surface area contributed by atoms with E-state index in [4.69, 9.17) is 14.2 Å². The van der Waals surface area contributed by atoms with Crippen LogP contribution >= 0.6 is 0 Å². The lowest BCUT2D eigenvalue weighted by molar-refractivity contribution is -0.118. The molecule has 1 amide bonds. The first-order chi connectivity index (χ1) is 12.6. The van der Waals surface area contributed by atoms with Crippen molar-refractivity contribution in [2.75, 3.05) is 26.1 Å². The third-order valence-corrected chi connectivity index (χ3v) is 3.51. The van der Waals surface area contributed by atoms with Crippen molar-refractivity contribution in [3.63, 3.8) is 0 Å². The maximum Gasteiger partial charge on any atom is 0.339 e. The first-order valence-electron chi connectivity index (χ1n) is 7.99. The van der Waals surface area contributed by atoms with Crippen molar-refractivity contribution in [2.24, 2.45) is 0 Å². The summed E-state index contributed by atoms with van der Waals surface area (Å²) in [5.74, 6) is 0.0597. The van der Waals surface area contributed by atoms with Crippen LogP contribution in [0.1, 0.15) is 22.8 Å². The number of para-hydroxylation sites is 1. The summed E-state index contributed by atoms with van der Waals surface area (Å²) in [6.45, 7) is 1.70. The Balaban J connectivity index is 2.05. The summed E-state index contributed by atoms with van der Waals surface area (Å²) < 4.78 is 15.5. The quantitative estimate of drug-likeness (QED) is 0.769. The fraction of sp³-hybridized carbons (Fsp3) is 0.200. The number of hydrogen-bond donors (Lipinski definition) is 1. The second-order valence-corrected chi connectivity index (χ2v) is 5.28. The Bertz CT molecular complexity index is 814. The zero-order valence-electron chi connectivity index (χ0n) is 14.9. The average Bonchev–Trinajstić information content (AvgIpc) is 2.67. The van der Waals surface area contributed by atoms with Gasteiger partial charge in [0.1, 0.15) is 0 Å². The highest BCUT2D eigenvalue weighted by Gasteiger charge is 2.14. The number of esters is 1. The highest BCUT2D eigenvalue weighted by Crippen LogP contribution is 2.28. The van der Waals surface area contributed by atoms with E-state index in [0.29, 0.717) is 17.2 Å². The number of benzene rings is 2. The monoisotopic (exact) mass is 355 g/mol. The van der Waals surface area contributed by atoms with Crippen LogP contribution in [0, 0.1) is 0 Å². The molecule has 26 heavy (non-hydrogen) atoms. The molecule has 2 aromatic carbocycles.